The Kier molecular flexibility index (Phi) is 4.07. The highest BCUT2D eigenvalue weighted by atomic mass is 35.5. The van der Waals surface area contributed by atoms with E-state index in [0.29, 0.717) is 5.76 Å². The molecule has 0 radical (unpaired) electrons. The largest absolute Gasteiger partial charge is 0.469 e. The Hall–Kier alpha value is -1.90. The molecule has 2 N–H and O–H groups in total. The van der Waals surface area contributed by atoms with Crippen molar-refractivity contribution >= 4 is 27.5 Å². The van der Waals surface area contributed by atoms with Gasteiger partial charge in [-0.1, -0.05) is 11.6 Å². The number of pyridine rings is 1. The highest BCUT2D eigenvalue weighted by Gasteiger charge is 2.20. The van der Waals surface area contributed by atoms with Crippen LogP contribution in [0.3, 0.4) is 0 Å². The van der Waals surface area contributed by atoms with Gasteiger partial charge in [0.05, 0.1) is 11.8 Å². The number of carbonyl (C=O) groups is 1. The number of amides is 1. The van der Waals surface area contributed by atoms with Gasteiger partial charge >= 0.3 is 0 Å². The summed E-state index contributed by atoms with van der Waals surface area (Å²) in [6.45, 7) is 1.58. The Balaban J connectivity index is 2.13. The second kappa shape index (κ2) is 5.61. The molecule has 2 aromatic heterocycles. The average Bonchev–Trinajstić information content (AvgIpc) is 2.83. The quantitative estimate of drug-likeness (QED) is 0.653. The van der Waals surface area contributed by atoms with E-state index in [2.05, 4.69) is 10.4 Å². The van der Waals surface area contributed by atoms with Gasteiger partial charge in [0.25, 0.3) is 15.9 Å². The van der Waals surface area contributed by atoms with Crippen molar-refractivity contribution in [3.8, 4) is 0 Å². The molecule has 2 aromatic rings. The first-order valence-corrected chi connectivity index (χ1v) is 7.24. The maximum Gasteiger partial charge on any atom is 0.269 e. The topological polar surface area (TPSA) is 101 Å². The number of carbonyl (C=O) groups excluding carboxylic acids is 1. The highest BCUT2D eigenvalue weighted by molar-refractivity contribution is 7.89. The summed E-state index contributed by atoms with van der Waals surface area (Å²) in [5, 5.41) is -0.186. The van der Waals surface area contributed by atoms with Crippen molar-refractivity contribution in [2.24, 2.45) is 0 Å². The molecule has 9 heteroatoms. The number of nitrogens with zero attached hydrogens (tertiary/aromatic N) is 1. The van der Waals surface area contributed by atoms with Crippen LogP contribution in [0, 0.1) is 6.92 Å². The van der Waals surface area contributed by atoms with Crippen molar-refractivity contribution < 1.29 is 17.6 Å². The summed E-state index contributed by atoms with van der Waals surface area (Å²) in [7, 11) is -4.00. The third-order valence-corrected chi connectivity index (χ3v) is 4.11. The number of hydrogen-bond acceptors (Lipinski definition) is 5. The summed E-state index contributed by atoms with van der Waals surface area (Å²) in [6.07, 6.45) is 2.69. The predicted octanol–water partition coefficient (Wildman–Crippen LogP) is 1.26. The van der Waals surface area contributed by atoms with Gasteiger partial charge in [0.1, 0.15) is 15.8 Å². The molecule has 0 aliphatic rings. The molecule has 106 valence electrons. The number of hydrazine groups is 1. The van der Waals surface area contributed by atoms with Crippen molar-refractivity contribution in [1.29, 1.82) is 0 Å². The predicted molar refractivity (Wildman–Crippen MR) is 70.5 cm³/mol. The number of hydrogen-bond donors (Lipinski definition) is 2. The molecule has 0 unspecified atom stereocenters. The Bertz CT molecular complexity index is 742. The van der Waals surface area contributed by atoms with Crippen LogP contribution in [0.5, 0.6) is 0 Å². The van der Waals surface area contributed by atoms with E-state index in [4.69, 9.17) is 16.0 Å². The molecular weight excluding hydrogens is 306 g/mol. The van der Waals surface area contributed by atoms with Crippen LogP contribution in [-0.2, 0) is 10.0 Å². The smallest absolute Gasteiger partial charge is 0.269 e. The van der Waals surface area contributed by atoms with Crippen LogP contribution in [0.4, 0.5) is 0 Å². The van der Waals surface area contributed by atoms with Crippen molar-refractivity contribution in [3.63, 3.8) is 0 Å². The number of halogens is 1. The molecule has 0 atom stereocenters. The van der Waals surface area contributed by atoms with Crippen LogP contribution < -0.4 is 10.3 Å². The number of nitrogens with one attached hydrogen (secondary N) is 2. The van der Waals surface area contributed by atoms with Gasteiger partial charge in [-0.3, -0.25) is 10.2 Å². The lowest BCUT2D eigenvalue weighted by Crippen LogP contribution is -2.41. The van der Waals surface area contributed by atoms with E-state index < -0.39 is 15.9 Å². The van der Waals surface area contributed by atoms with E-state index in [9.17, 15) is 13.2 Å². The first-order chi connectivity index (χ1) is 9.42. The zero-order valence-electron chi connectivity index (χ0n) is 10.3. The first kappa shape index (κ1) is 14.5. The Morgan fingerprint density at radius 2 is 2.15 bits per heavy atom. The highest BCUT2D eigenvalue weighted by Crippen LogP contribution is 2.17. The number of rotatable bonds is 4. The minimum atomic E-state index is -4.00. The lowest BCUT2D eigenvalue weighted by molar-refractivity contribution is 0.0943. The third-order valence-electron chi connectivity index (χ3n) is 2.42. The Morgan fingerprint density at radius 3 is 2.75 bits per heavy atom. The fraction of sp³-hybridized carbons (Fsp3) is 0.0909. The van der Waals surface area contributed by atoms with Gasteiger partial charge in [0, 0.05) is 6.20 Å². The molecule has 0 fully saturated rings. The summed E-state index contributed by atoms with van der Waals surface area (Å²) >= 11 is 5.69. The summed E-state index contributed by atoms with van der Waals surface area (Å²) in [4.78, 5) is 17.1. The summed E-state index contributed by atoms with van der Waals surface area (Å²) in [5.41, 5.74) is 2.30. The van der Waals surface area contributed by atoms with Gasteiger partial charge in [-0.2, -0.15) is 0 Å². The zero-order chi connectivity index (χ0) is 14.8. The maximum absolute atomic E-state index is 11.9. The van der Waals surface area contributed by atoms with E-state index in [1.165, 1.54) is 30.7 Å². The van der Waals surface area contributed by atoms with Gasteiger partial charge in [0.15, 0.2) is 0 Å². The molecule has 0 aliphatic carbocycles. The minimum Gasteiger partial charge on any atom is -0.469 e. The number of furan rings is 1. The van der Waals surface area contributed by atoms with E-state index in [-0.39, 0.29) is 15.6 Å². The lowest BCUT2D eigenvalue weighted by Gasteiger charge is -2.08. The van der Waals surface area contributed by atoms with E-state index >= 15 is 0 Å². The van der Waals surface area contributed by atoms with Crippen molar-refractivity contribution in [3.05, 3.63) is 47.1 Å². The van der Waals surface area contributed by atoms with E-state index in [0.717, 1.165) is 0 Å². The molecule has 0 aromatic carbocycles. The summed E-state index contributed by atoms with van der Waals surface area (Å²) in [6, 6.07) is 4.12. The summed E-state index contributed by atoms with van der Waals surface area (Å²) in [5.74, 6) is -0.263. The molecule has 20 heavy (non-hydrogen) atoms. The minimum absolute atomic E-state index is 0.186. The average molecular weight is 316 g/mol. The van der Waals surface area contributed by atoms with Crippen LogP contribution in [-0.4, -0.2) is 19.3 Å². The maximum atomic E-state index is 11.9. The van der Waals surface area contributed by atoms with Crippen LogP contribution in [0.15, 0.2) is 40.0 Å². The normalized spacial score (nSPS) is 11.3. The van der Waals surface area contributed by atoms with Crippen LogP contribution in [0.1, 0.15) is 16.1 Å². The standard InChI is InChI=1S/C11H10ClN3O4S/c1-7-8(4-6-19-7)11(16)14-15-20(17,18)9-3-2-5-13-10(9)12/h2-6,15H,1H3,(H,14,16). The molecule has 0 spiro atoms. The molecule has 0 saturated heterocycles. The van der Waals surface area contributed by atoms with Crippen LogP contribution in [0.2, 0.25) is 5.15 Å². The Morgan fingerprint density at radius 1 is 1.40 bits per heavy atom. The van der Waals surface area contributed by atoms with Gasteiger partial charge < -0.3 is 4.42 Å². The fourth-order valence-electron chi connectivity index (χ4n) is 1.43. The molecule has 0 saturated carbocycles. The van der Waals surface area contributed by atoms with Crippen molar-refractivity contribution in [2.45, 2.75) is 11.8 Å². The molecule has 7 nitrogen and oxygen atoms in total. The van der Waals surface area contributed by atoms with Crippen LogP contribution in [0.25, 0.3) is 0 Å². The SMILES string of the molecule is Cc1occc1C(=O)NNS(=O)(=O)c1cccnc1Cl. The van der Waals surface area contributed by atoms with E-state index in [1.54, 1.807) is 6.92 Å². The Labute approximate surface area is 120 Å². The van der Waals surface area contributed by atoms with Crippen molar-refractivity contribution in [2.75, 3.05) is 0 Å². The summed E-state index contributed by atoms with van der Waals surface area (Å²) < 4.78 is 28.8. The molecule has 2 heterocycles. The van der Waals surface area contributed by atoms with Gasteiger partial charge in [-0.25, -0.2) is 13.4 Å². The second-order valence-corrected chi connectivity index (χ2v) is 5.75. The zero-order valence-corrected chi connectivity index (χ0v) is 11.8. The van der Waals surface area contributed by atoms with Gasteiger partial charge in [-0.05, 0) is 25.1 Å². The molecule has 1 amide bonds. The van der Waals surface area contributed by atoms with E-state index in [1.807, 2.05) is 4.83 Å². The monoisotopic (exact) mass is 315 g/mol. The third kappa shape index (κ3) is 2.98. The van der Waals surface area contributed by atoms with Crippen molar-refractivity contribution in [1.82, 2.24) is 15.2 Å². The lowest BCUT2D eigenvalue weighted by atomic mass is 10.2. The number of aryl methyl sites for hydroxylation is 1. The number of sulfonamides is 1. The number of aromatic nitrogens is 1. The van der Waals surface area contributed by atoms with Gasteiger partial charge in [0.2, 0.25) is 0 Å². The second-order valence-electron chi connectivity index (χ2n) is 3.74. The fourth-order valence-corrected chi connectivity index (χ4v) is 2.72. The molecular formula is C11H10ClN3O4S. The molecule has 0 bridgehead atoms. The molecule has 2 rings (SSSR count). The molecule has 0 aliphatic heterocycles. The van der Waals surface area contributed by atoms with Crippen LogP contribution >= 0.6 is 11.6 Å². The first-order valence-electron chi connectivity index (χ1n) is 5.38. The van der Waals surface area contributed by atoms with Gasteiger partial charge in [-0.15, -0.1) is 4.83 Å².